The van der Waals surface area contributed by atoms with Gasteiger partial charge in [0.25, 0.3) is 0 Å². The van der Waals surface area contributed by atoms with E-state index in [1.54, 1.807) is 0 Å². The number of hydrogen-bond donors (Lipinski definition) is 2. The van der Waals surface area contributed by atoms with E-state index in [9.17, 15) is 4.79 Å². The Balaban J connectivity index is 2.33. The molecular formula is C16H32N2O. The first-order valence-corrected chi connectivity index (χ1v) is 7.84. The highest BCUT2D eigenvalue weighted by molar-refractivity contribution is 5.76. The molecule has 112 valence electrons. The average Bonchev–Trinajstić information content (AvgIpc) is 2.35. The quantitative estimate of drug-likeness (QED) is 0.805. The number of carbonyl (C=O) groups excluding carboxylic acids is 1. The first-order chi connectivity index (χ1) is 8.84. The lowest BCUT2D eigenvalue weighted by atomic mass is 9.80. The van der Waals surface area contributed by atoms with Crippen molar-refractivity contribution in [2.24, 2.45) is 17.3 Å². The normalized spacial score (nSPS) is 25.9. The Morgan fingerprint density at radius 2 is 2.11 bits per heavy atom. The minimum Gasteiger partial charge on any atom is -0.355 e. The molecule has 0 saturated carbocycles. The number of carbonyl (C=O) groups is 1. The van der Waals surface area contributed by atoms with Crippen LogP contribution in [0, 0.1) is 17.3 Å². The topological polar surface area (TPSA) is 41.1 Å². The summed E-state index contributed by atoms with van der Waals surface area (Å²) in [7, 11) is 0. The van der Waals surface area contributed by atoms with Gasteiger partial charge in [-0.1, -0.05) is 41.0 Å². The van der Waals surface area contributed by atoms with Gasteiger partial charge in [0.15, 0.2) is 0 Å². The van der Waals surface area contributed by atoms with Crippen LogP contribution >= 0.6 is 0 Å². The molecular weight excluding hydrogens is 236 g/mol. The summed E-state index contributed by atoms with van der Waals surface area (Å²) in [6.07, 6.45) is 4.39. The second kappa shape index (κ2) is 7.28. The van der Waals surface area contributed by atoms with Gasteiger partial charge in [0.05, 0.1) is 0 Å². The van der Waals surface area contributed by atoms with Crippen molar-refractivity contribution in [3.63, 3.8) is 0 Å². The van der Waals surface area contributed by atoms with E-state index in [2.05, 4.69) is 45.3 Å². The third-order valence-corrected chi connectivity index (χ3v) is 4.74. The van der Waals surface area contributed by atoms with Gasteiger partial charge in [-0.3, -0.25) is 4.79 Å². The lowest BCUT2D eigenvalue weighted by Crippen LogP contribution is -2.48. The fourth-order valence-electron chi connectivity index (χ4n) is 2.63. The van der Waals surface area contributed by atoms with Crippen molar-refractivity contribution in [2.75, 3.05) is 13.1 Å². The van der Waals surface area contributed by atoms with Crippen LogP contribution in [0.5, 0.6) is 0 Å². The molecule has 3 unspecified atom stereocenters. The Kier molecular flexibility index (Phi) is 6.31. The molecule has 1 aliphatic heterocycles. The molecule has 3 nitrogen and oxygen atoms in total. The third-order valence-electron chi connectivity index (χ3n) is 4.74. The largest absolute Gasteiger partial charge is 0.355 e. The highest BCUT2D eigenvalue weighted by Gasteiger charge is 2.25. The molecule has 1 saturated heterocycles. The lowest BCUT2D eigenvalue weighted by molar-refractivity contribution is -0.122. The van der Waals surface area contributed by atoms with Crippen LogP contribution in [0.4, 0.5) is 0 Å². The minimum atomic E-state index is 0.199. The first kappa shape index (κ1) is 16.5. The summed E-state index contributed by atoms with van der Waals surface area (Å²) in [5.41, 5.74) is 0.201. The van der Waals surface area contributed by atoms with Gasteiger partial charge >= 0.3 is 0 Å². The predicted octanol–water partition coefficient (Wildman–Crippen LogP) is 2.95. The molecule has 1 heterocycles. The smallest absolute Gasteiger partial charge is 0.220 e. The molecule has 0 spiro atoms. The SMILES string of the molecule is CCC1CCCNC1CNC(=O)CC(C)C(C)(C)C. The number of piperidine rings is 1. The Bertz CT molecular complexity index is 283. The molecule has 3 heteroatoms. The van der Waals surface area contributed by atoms with Crippen LogP contribution in [-0.2, 0) is 4.79 Å². The highest BCUT2D eigenvalue weighted by atomic mass is 16.1. The zero-order chi connectivity index (χ0) is 14.5. The van der Waals surface area contributed by atoms with E-state index in [-0.39, 0.29) is 11.3 Å². The molecule has 19 heavy (non-hydrogen) atoms. The Morgan fingerprint density at radius 3 is 2.68 bits per heavy atom. The maximum absolute atomic E-state index is 12.0. The van der Waals surface area contributed by atoms with Gasteiger partial charge in [-0.25, -0.2) is 0 Å². The van der Waals surface area contributed by atoms with Gasteiger partial charge in [-0.15, -0.1) is 0 Å². The highest BCUT2D eigenvalue weighted by Crippen LogP contribution is 2.27. The third kappa shape index (κ3) is 5.52. The molecule has 1 rings (SSSR count). The Labute approximate surface area is 118 Å². The molecule has 1 aliphatic rings. The van der Waals surface area contributed by atoms with Gasteiger partial charge in [0, 0.05) is 19.0 Å². The number of nitrogens with one attached hydrogen (secondary N) is 2. The summed E-state index contributed by atoms with van der Waals surface area (Å²) in [5, 5.41) is 6.66. The van der Waals surface area contributed by atoms with Gasteiger partial charge in [-0.2, -0.15) is 0 Å². The predicted molar refractivity (Wildman–Crippen MR) is 81.1 cm³/mol. The van der Waals surface area contributed by atoms with Crippen molar-refractivity contribution in [1.29, 1.82) is 0 Å². The van der Waals surface area contributed by atoms with E-state index >= 15 is 0 Å². The molecule has 0 aromatic carbocycles. The first-order valence-electron chi connectivity index (χ1n) is 7.84. The standard InChI is InChI=1S/C16H32N2O/c1-6-13-8-7-9-17-14(13)11-18-15(19)10-12(2)16(3,4)5/h12-14,17H,6-11H2,1-5H3,(H,18,19). The lowest BCUT2D eigenvalue weighted by Gasteiger charge is -2.32. The second-order valence-corrected chi connectivity index (χ2v) is 7.15. The van der Waals surface area contributed by atoms with Gasteiger partial charge in [-0.05, 0) is 36.6 Å². The molecule has 3 atom stereocenters. The van der Waals surface area contributed by atoms with Crippen LogP contribution in [0.1, 0.15) is 60.3 Å². The molecule has 0 bridgehead atoms. The molecule has 0 aromatic heterocycles. The van der Waals surface area contributed by atoms with Crippen molar-refractivity contribution < 1.29 is 4.79 Å². The fraction of sp³-hybridized carbons (Fsp3) is 0.938. The summed E-state index contributed by atoms with van der Waals surface area (Å²) in [6.45, 7) is 12.9. The molecule has 2 N–H and O–H groups in total. The van der Waals surface area contributed by atoms with E-state index in [0.717, 1.165) is 13.1 Å². The van der Waals surface area contributed by atoms with Crippen molar-refractivity contribution in [3.8, 4) is 0 Å². The average molecular weight is 268 g/mol. The Morgan fingerprint density at radius 1 is 1.42 bits per heavy atom. The summed E-state index contributed by atoms with van der Waals surface area (Å²) in [6, 6.07) is 0.465. The van der Waals surface area contributed by atoms with Gasteiger partial charge in [0.1, 0.15) is 0 Å². The summed E-state index contributed by atoms with van der Waals surface area (Å²) >= 11 is 0. The van der Waals surface area contributed by atoms with E-state index in [0.29, 0.717) is 24.3 Å². The summed E-state index contributed by atoms with van der Waals surface area (Å²) < 4.78 is 0. The van der Waals surface area contributed by atoms with Crippen LogP contribution in [0.15, 0.2) is 0 Å². The molecule has 1 fully saturated rings. The van der Waals surface area contributed by atoms with Crippen molar-refractivity contribution in [2.45, 2.75) is 66.3 Å². The van der Waals surface area contributed by atoms with Crippen molar-refractivity contribution in [1.82, 2.24) is 10.6 Å². The fourth-order valence-corrected chi connectivity index (χ4v) is 2.63. The van der Waals surface area contributed by atoms with Crippen LogP contribution < -0.4 is 10.6 Å². The van der Waals surface area contributed by atoms with Gasteiger partial charge < -0.3 is 10.6 Å². The van der Waals surface area contributed by atoms with Crippen LogP contribution in [0.2, 0.25) is 0 Å². The van der Waals surface area contributed by atoms with Crippen LogP contribution in [-0.4, -0.2) is 25.0 Å². The number of rotatable bonds is 5. The van der Waals surface area contributed by atoms with E-state index in [1.165, 1.54) is 19.3 Å². The molecule has 0 aliphatic carbocycles. The zero-order valence-electron chi connectivity index (χ0n) is 13.4. The number of amides is 1. The zero-order valence-corrected chi connectivity index (χ0v) is 13.4. The van der Waals surface area contributed by atoms with E-state index in [1.807, 2.05) is 0 Å². The van der Waals surface area contributed by atoms with Crippen LogP contribution in [0.3, 0.4) is 0 Å². The van der Waals surface area contributed by atoms with Crippen molar-refractivity contribution >= 4 is 5.91 Å². The minimum absolute atomic E-state index is 0.199. The van der Waals surface area contributed by atoms with Crippen molar-refractivity contribution in [3.05, 3.63) is 0 Å². The Hall–Kier alpha value is -0.570. The maximum atomic E-state index is 12.0. The number of hydrogen-bond acceptors (Lipinski definition) is 2. The summed E-state index contributed by atoms with van der Waals surface area (Å²) in [5.74, 6) is 1.33. The summed E-state index contributed by atoms with van der Waals surface area (Å²) in [4.78, 5) is 12.0. The van der Waals surface area contributed by atoms with E-state index < -0.39 is 0 Å². The molecule has 1 amide bonds. The van der Waals surface area contributed by atoms with Crippen LogP contribution in [0.25, 0.3) is 0 Å². The monoisotopic (exact) mass is 268 g/mol. The second-order valence-electron chi connectivity index (χ2n) is 7.15. The van der Waals surface area contributed by atoms with Gasteiger partial charge in [0.2, 0.25) is 5.91 Å². The van der Waals surface area contributed by atoms with E-state index in [4.69, 9.17) is 0 Å². The molecule has 0 aromatic rings. The molecule has 0 radical (unpaired) electrons. The maximum Gasteiger partial charge on any atom is 0.220 e.